The van der Waals surface area contributed by atoms with E-state index in [4.69, 9.17) is 4.74 Å². The third-order valence-electron chi connectivity index (χ3n) is 5.19. The summed E-state index contributed by atoms with van der Waals surface area (Å²) in [6, 6.07) is 8.49. The molecule has 0 N–H and O–H groups in total. The van der Waals surface area contributed by atoms with Crippen LogP contribution in [0, 0.1) is 36.0 Å². The summed E-state index contributed by atoms with van der Waals surface area (Å²) < 4.78 is 92.4. The molecule has 3 aromatic rings. The third kappa shape index (κ3) is 5.35. The van der Waals surface area contributed by atoms with Crippen molar-refractivity contribution in [2.75, 3.05) is 0 Å². The molecule has 0 aromatic heterocycles. The van der Waals surface area contributed by atoms with E-state index in [9.17, 15) is 26.3 Å². The number of ether oxygens (including phenoxy) is 1. The summed E-state index contributed by atoms with van der Waals surface area (Å²) in [5.74, 6) is -4.92. The lowest BCUT2D eigenvalue weighted by Gasteiger charge is -2.37. The van der Waals surface area contributed by atoms with Crippen LogP contribution in [-0.2, 0) is 10.3 Å². The first-order valence-electron chi connectivity index (χ1n) is 10.5. The minimum absolute atomic E-state index is 0.0281. The van der Waals surface area contributed by atoms with E-state index >= 15 is 0 Å². The number of hydrogen-bond acceptors (Lipinski definition) is 1. The second-order valence-electron chi connectivity index (χ2n) is 7.81. The summed E-state index contributed by atoms with van der Waals surface area (Å²) in [5.41, 5.74) is -2.27. The van der Waals surface area contributed by atoms with E-state index in [0.29, 0.717) is 17.7 Å². The molecule has 0 fully saturated rings. The smallest absolute Gasteiger partial charge is 0.185 e. The molecule has 3 rings (SSSR count). The second-order valence-corrected chi connectivity index (χ2v) is 7.81. The fourth-order valence-electron chi connectivity index (χ4n) is 3.75. The molecule has 0 amide bonds. The lowest BCUT2D eigenvalue weighted by molar-refractivity contribution is 0.0763. The van der Waals surface area contributed by atoms with Crippen molar-refractivity contribution in [2.24, 2.45) is 0 Å². The van der Waals surface area contributed by atoms with Crippen LogP contribution in [0.3, 0.4) is 0 Å². The highest BCUT2D eigenvalue weighted by Crippen LogP contribution is 2.44. The highest BCUT2D eigenvalue weighted by molar-refractivity contribution is 5.50. The highest BCUT2D eigenvalue weighted by Gasteiger charge is 2.41. The van der Waals surface area contributed by atoms with Gasteiger partial charge in [-0.25, -0.2) is 26.3 Å². The van der Waals surface area contributed by atoms with E-state index in [1.807, 2.05) is 0 Å². The summed E-state index contributed by atoms with van der Waals surface area (Å²) in [6.07, 6.45) is 0.817. The first kappa shape index (κ1) is 25.1. The minimum atomic E-state index is -2.17. The van der Waals surface area contributed by atoms with Gasteiger partial charge < -0.3 is 4.74 Å². The Morgan fingerprint density at radius 2 is 1.21 bits per heavy atom. The number of benzene rings is 3. The van der Waals surface area contributed by atoms with Crippen LogP contribution in [-0.4, -0.2) is 6.17 Å². The molecule has 1 atom stereocenters. The van der Waals surface area contributed by atoms with E-state index in [0.717, 1.165) is 42.5 Å². The van der Waals surface area contributed by atoms with Crippen molar-refractivity contribution < 1.29 is 31.1 Å². The first-order valence-corrected chi connectivity index (χ1v) is 10.5. The van der Waals surface area contributed by atoms with E-state index in [1.165, 1.54) is 12.1 Å². The Kier molecular flexibility index (Phi) is 7.54. The van der Waals surface area contributed by atoms with Crippen molar-refractivity contribution in [3.63, 3.8) is 0 Å². The lowest BCUT2D eigenvalue weighted by atomic mass is 9.79. The summed E-state index contributed by atoms with van der Waals surface area (Å²) in [7, 11) is 0. The Hall–Kier alpha value is -3.48. The van der Waals surface area contributed by atoms with Gasteiger partial charge in [-0.05, 0) is 67.5 Å². The SMILES string of the molecule is C=C/C(=C\C(F)CC)OC(c1cc(C)cc(F)c1)(c1cc(F)cc(F)c1)c1cc(F)cc(F)c1. The predicted octanol–water partition coefficient (Wildman–Crippen LogP) is 7.82. The number of hydrogen-bond donors (Lipinski definition) is 0. The van der Waals surface area contributed by atoms with Gasteiger partial charge in [0.25, 0.3) is 0 Å². The van der Waals surface area contributed by atoms with E-state index in [-0.39, 0.29) is 28.9 Å². The Balaban J connectivity index is 2.49. The molecule has 34 heavy (non-hydrogen) atoms. The van der Waals surface area contributed by atoms with Crippen LogP contribution < -0.4 is 0 Å². The number of rotatable bonds is 8. The fraction of sp³-hybridized carbons (Fsp3) is 0.185. The molecule has 0 bridgehead atoms. The topological polar surface area (TPSA) is 9.23 Å². The van der Waals surface area contributed by atoms with Crippen molar-refractivity contribution in [1.82, 2.24) is 0 Å². The molecule has 0 aliphatic carbocycles. The van der Waals surface area contributed by atoms with Gasteiger partial charge in [-0.2, -0.15) is 0 Å². The third-order valence-corrected chi connectivity index (χ3v) is 5.19. The van der Waals surface area contributed by atoms with Gasteiger partial charge in [0.2, 0.25) is 0 Å². The zero-order valence-electron chi connectivity index (χ0n) is 18.5. The fourth-order valence-corrected chi connectivity index (χ4v) is 3.75. The summed E-state index contributed by atoms with van der Waals surface area (Å²) >= 11 is 0. The van der Waals surface area contributed by atoms with Crippen LogP contribution in [0.4, 0.5) is 26.3 Å². The van der Waals surface area contributed by atoms with E-state index in [2.05, 4.69) is 6.58 Å². The molecule has 0 spiro atoms. The number of alkyl halides is 1. The molecule has 3 aromatic carbocycles. The maximum Gasteiger partial charge on any atom is 0.185 e. The first-order chi connectivity index (χ1) is 16.1. The largest absolute Gasteiger partial charge is 0.473 e. The molecule has 0 saturated carbocycles. The molecular weight excluding hydrogens is 454 g/mol. The van der Waals surface area contributed by atoms with Gasteiger partial charge >= 0.3 is 0 Å². The molecule has 1 nitrogen and oxygen atoms in total. The van der Waals surface area contributed by atoms with Crippen molar-refractivity contribution in [2.45, 2.75) is 32.0 Å². The van der Waals surface area contributed by atoms with Gasteiger partial charge in [0.05, 0.1) is 0 Å². The Bertz CT molecular complexity index is 1050. The monoisotopic (exact) mass is 476 g/mol. The lowest BCUT2D eigenvalue weighted by Crippen LogP contribution is -2.33. The zero-order valence-corrected chi connectivity index (χ0v) is 18.5. The maximum absolute atomic E-state index is 14.5. The molecule has 0 heterocycles. The molecule has 0 aliphatic heterocycles. The van der Waals surface area contributed by atoms with Gasteiger partial charge in [-0.1, -0.05) is 19.6 Å². The Morgan fingerprint density at radius 1 is 0.794 bits per heavy atom. The summed E-state index contributed by atoms with van der Waals surface area (Å²) in [5, 5.41) is 0. The number of halogens is 6. The zero-order chi connectivity index (χ0) is 25.0. The Labute approximate surface area is 194 Å². The normalized spacial score (nSPS) is 13.0. The standard InChI is InChI=1S/C27H22F6O/c1-4-20(28)15-26(5-2)34-27(17-6-16(3)7-21(29)8-17,18-9-22(30)13-23(31)10-18)19-11-24(32)14-25(33)12-19/h5-15,20H,2,4H2,1,3H3/b26-15+. The molecule has 0 radical (unpaired) electrons. The molecule has 178 valence electrons. The maximum atomic E-state index is 14.5. The molecule has 7 heteroatoms. The molecule has 0 saturated heterocycles. The van der Waals surface area contributed by atoms with Crippen LogP contribution in [0.5, 0.6) is 0 Å². The van der Waals surface area contributed by atoms with Crippen molar-refractivity contribution in [1.29, 1.82) is 0 Å². The number of allylic oxidation sites excluding steroid dienone is 2. The predicted molar refractivity (Wildman–Crippen MR) is 118 cm³/mol. The van der Waals surface area contributed by atoms with Crippen molar-refractivity contribution in [3.05, 3.63) is 130 Å². The quantitative estimate of drug-likeness (QED) is 0.139. The van der Waals surface area contributed by atoms with Crippen LogP contribution in [0.1, 0.15) is 35.6 Å². The van der Waals surface area contributed by atoms with Crippen molar-refractivity contribution >= 4 is 0 Å². The van der Waals surface area contributed by atoms with E-state index < -0.39 is 40.9 Å². The minimum Gasteiger partial charge on any atom is -0.473 e. The highest BCUT2D eigenvalue weighted by atomic mass is 19.2. The van der Waals surface area contributed by atoms with Crippen LogP contribution in [0.2, 0.25) is 0 Å². The van der Waals surface area contributed by atoms with Gasteiger partial charge in [0, 0.05) is 28.8 Å². The van der Waals surface area contributed by atoms with Gasteiger partial charge in [0.1, 0.15) is 41.0 Å². The van der Waals surface area contributed by atoms with Gasteiger partial charge in [-0.15, -0.1) is 0 Å². The van der Waals surface area contributed by atoms with Crippen LogP contribution >= 0.6 is 0 Å². The molecular formula is C27H22F6O. The number of aryl methyl sites for hydroxylation is 1. The summed E-state index contributed by atoms with van der Waals surface area (Å²) in [6.45, 7) is 6.73. The van der Waals surface area contributed by atoms with E-state index in [1.54, 1.807) is 13.8 Å². The van der Waals surface area contributed by atoms with Gasteiger partial charge in [0.15, 0.2) is 5.60 Å². The van der Waals surface area contributed by atoms with Crippen LogP contribution in [0.25, 0.3) is 0 Å². The Morgan fingerprint density at radius 3 is 1.59 bits per heavy atom. The molecule has 1 unspecified atom stereocenters. The average Bonchev–Trinajstić information content (AvgIpc) is 2.74. The average molecular weight is 476 g/mol. The summed E-state index contributed by atoms with van der Waals surface area (Å²) in [4.78, 5) is 0. The van der Waals surface area contributed by atoms with Crippen molar-refractivity contribution in [3.8, 4) is 0 Å². The van der Waals surface area contributed by atoms with Gasteiger partial charge in [-0.3, -0.25) is 0 Å². The molecule has 0 aliphatic rings. The van der Waals surface area contributed by atoms with Crippen LogP contribution in [0.15, 0.2) is 79.1 Å². The second kappa shape index (κ2) is 10.2.